The standard InChI is InChI=1S/C8H15N3O2/c1-4-8(3,6-9)11-10-7(12)13-5-2/h11H,4-5H2,1-3H3,(H,10,12). The second kappa shape index (κ2) is 5.38. The number of carbonyl (C=O) groups excluding carboxylic acids is 1. The normalized spacial score (nSPS) is 14.0. The van der Waals surface area contributed by atoms with E-state index in [4.69, 9.17) is 5.26 Å². The number of hydrazine groups is 1. The van der Waals surface area contributed by atoms with Gasteiger partial charge in [0.05, 0.1) is 12.7 Å². The molecule has 1 amide bonds. The van der Waals surface area contributed by atoms with Gasteiger partial charge in [-0.15, -0.1) is 0 Å². The molecule has 0 heterocycles. The second-order valence-electron chi connectivity index (χ2n) is 2.77. The zero-order valence-electron chi connectivity index (χ0n) is 8.18. The molecule has 5 heteroatoms. The molecule has 13 heavy (non-hydrogen) atoms. The average molecular weight is 185 g/mol. The number of amides is 1. The summed E-state index contributed by atoms with van der Waals surface area (Å²) >= 11 is 0. The molecule has 0 bridgehead atoms. The number of nitrogens with zero attached hydrogens (tertiary/aromatic N) is 1. The molecule has 0 saturated heterocycles. The summed E-state index contributed by atoms with van der Waals surface area (Å²) in [6.07, 6.45) is 0.0213. The summed E-state index contributed by atoms with van der Waals surface area (Å²) in [6.45, 7) is 5.56. The van der Waals surface area contributed by atoms with Gasteiger partial charge in [0.2, 0.25) is 0 Å². The van der Waals surface area contributed by atoms with Crippen LogP contribution in [0.25, 0.3) is 0 Å². The van der Waals surface area contributed by atoms with E-state index in [1.165, 1.54) is 0 Å². The quantitative estimate of drug-likeness (QED) is 0.639. The van der Waals surface area contributed by atoms with Crippen molar-refractivity contribution in [3.8, 4) is 6.07 Å². The summed E-state index contributed by atoms with van der Waals surface area (Å²) in [5, 5.41) is 8.72. The molecular formula is C8H15N3O2. The summed E-state index contributed by atoms with van der Waals surface area (Å²) in [7, 11) is 0. The van der Waals surface area contributed by atoms with Crippen molar-refractivity contribution in [3.63, 3.8) is 0 Å². The molecule has 0 spiro atoms. The van der Waals surface area contributed by atoms with Crippen LogP contribution >= 0.6 is 0 Å². The third kappa shape index (κ3) is 4.33. The Morgan fingerprint density at radius 2 is 2.23 bits per heavy atom. The van der Waals surface area contributed by atoms with Gasteiger partial charge in [-0.1, -0.05) is 6.92 Å². The number of hydrogen-bond acceptors (Lipinski definition) is 4. The van der Waals surface area contributed by atoms with E-state index < -0.39 is 11.6 Å². The molecule has 5 nitrogen and oxygen atoms in total. The highest BCUT2D eigenvalue weighted by Gasteiger charge is 2.21. The first kappa shape index (κ1) is 11.7. The Morgan fingerprint density at radius 3 is 2.62 bits per heavy atom. The Balaban J connectivity index is 3.87. The van der Waals surface area contributed by atoms with Crippen molar-refractivity contribution in [2.75, 3.05) is 6.61 Å². The molecule has 1 atom stereocenters. The number of nitriles is 1. The minimum absolute atomic E-state index is 0.308. The first-order chi connectivity index (χ1) is 6.08. The highest BCUT2D eigenvalue weighted by Crippen LogP contribution is 2.04. The van der Waals surface area contributed by atoms with Gasteiger partial charge in [-0.25, -0.2) is 10.2 Å². The molecule has 0 rings (SSSR count). The predicted molar refractivity (Wildman–Crippen MR) is 47.6 cm³/mol. The zero-order chi connectivity index (χ0) is 10.3. The minimum Gasteiger partial charge on any atom is -0.449 e. The van der Waals surface area contributed by atoms with Gasteiger partial charge in [-0.2, -0.15) is 5.26 Å². The summed E-state index contributed by atoms with van der Waals surface area (Å²) in [5.41, 5.74) is 4.14. The molecule has 0 aromatic carbocycles. The van der Waals surface area contributed by atoms with Crippen LogP contribution in [0.15, 0.2) is 0 Å². The van der Waals surface area contributed by atoms with Gasteiger partial charge in [-0.3, -0.25) is 5.43 Å². The molecule has 0 fully saturated rings. The van der Waals surface area contributed by atoms with Gasteiger partial charge in [0.25, 0.3) is 0 Å². The molecule has 0 aliphatic heterocycles. The fourth-order valence-electron chi connectivity index (χ4n) is 0.552. The topological polar surface area (TPSA) is 74.2 Å². The molecule has 74 valence electrons. The second-order valence-corrected chi connectivity index (χ2v) is 2.77. The van der Waals surface area contributed by atoms with Crippen molar-refractivity contribution in [1.82, 2.24) is 10.9 Å². The van der Waals surface area contributed by atoms with Gasteiger partial charge in [-0.05, 0) is 20.3 Å². The van der Waals surface area contributed by atoms with Crippen molar-refractivity contribution in [2.24, 2.45) is 0 Å². The van der Waals surface area contributed by atoms with Crippen LogP contribution in [0.3, 0.4) is 0 Å². The van der Waals surface area contributed by atoms with Crippen LogP contribution in [-0.4, -0.2) is 18.2 Å². The van der Waals surface area contributed by atoms with Gasteiger partial charge < -0.3 is 4.74 Å². The Morgan fingerprint density at radius 1 is 1.62 bits per heavy atom. The lowest BCUT2D eigenvalue weighted by Crippen LogP contribution is -2.51. The Bertz CT molecular complexity index is 212. The summed E-state index contributed by atoms with van der Waals surface area (Å²) < 4.78 is 4.60. The average Bonchev–Trinajstić information content (AvgIpc) is 2.15. The van der Waals surface area contributed by atoms with E-state index in [2.05, 4.69) is 15.6 Å². The summed E-state index contributed by atoms with van der Waals surface area (Å²) in [4.78, 5) is 10.8. The lowest BCUT2D eigenvalue weighted by atomic mass is 10.0. The molecule has 0 radical (unpaired) electrons. The summed E-state index contributed by atoms with van der Waals surface area (Å²) in [6, 6.07) is 2.04. The van der Waals surface area contributed by atoms with Gasteiger partial charge in [0.15, 0.2) is 0 Å². The lowest BCUT2D eigenvalue weighted by Gasteiger charge is -2.20. The maximum atomic E-state index is 10.8. The van der Waals surface area contributed by atoms with Crippen molar-refractivity contribution < 1.29 is 9.53 Å². The Kier molecular flexibility index (Phi) is 4.85. The van der Waals surface area contributed by atoms with E-state index in [0.29, 0.717) is 13.0 Å². The van der Waals surface area contributed by atoms with Crippen LogP contribution in [0.5, 0.6) is 0 Å². The van der Waals surface area contributed by atoms with Crippen LogP contribution in [0.4, 0.5) is 4.79 Å². The molecule has 0 aliphatic rings. The molecule has 0 aliphatic carbocycles. The highest BCUT2D eigenvalue weighted by atomic mass is 16.5. The van der Waals surface area contributed by atoms with E-state index in [0.717, 1.165) is 0 Å². The predicted octanol–water partition coefficient (Wildman–Crippen LogP) is 0.929. The number of nitrogens with one attached hydrogen (secondary N) is 2. The van der Waals surface area contributed by atoms with Crippen LogP contribution < -0.4 is 10.9 Å². The third-order valence-electron chi connectivity index (χ3n) is 1.67. The maximum absolute atomic E-state index is 10.8. The Labute approximate surface area is 78.0 Å². The molecule has 1 unspecified atom stereocenters. The number of ether oxygens (including phenoxy) is 1. The lowest BCUT2D eigenvalue weighted by molar-refractivity contribution is 0.142. The fraction of sp³-hybridized carbons (Fsp3) is 0.750. The molecule has 0 saturated carbocycles. The van der Waals surface area contributed by atoms with E-state index in [9.17, 15) is 4.79 Å². The molecule has 2 N–H and O–H groups in total. The molecule has 0 aromatic rings. The van der Waals surface area contributed by atoms with E-state index in [1.807, 2.05) is 13.0 Å². The van der Waals surface area contributed by atoms with Crippen LogP contribution in [0.2, 0.25) is 0 Å². The SMILES string of the molecule is CCOC(=O)NNC(C)(C#N)CC. The highest BCUT2D eigenvalue weighted by molar-refractivity contribution is 5.66. The van der Waals surface area contributed by atoms with Gasteiger partial charge >= 0.3 is 6.09 Å². The van der Waals surface area contributed by atoms with Crippen LogP contribution in [0, 0.1) is 11.3 Å². The van der Waals surface area contributed by atoms with E-state index in [1.54, 1.807) is 13.8 Å². The van der Waals surface area contributed by atoms with Crippen molar-refractivity contribution in [2.45, 2.75) is 32.7 Å². The van der Waals surface area contributed by atoms with Crippen LogP contribution in [0.1, 0.15) is 27.2 Å². The number of hydrogen-bond donors (Lipinski definition) is 2. The first-order valence-corrected chi connectivity index (χ1v) is 4.19. The van der Waals surface area contributed by atoms with Gasteiger partial charge in [0, 0.05) is 0 Å². The van der Waals surface area contributed by atoms with E-state index in [-0.39, 0.29) is 0 Å². The largest absolute Gasteiger partial charge is 0.449 e. The fourth-order valence-corrected chi connectivity index (χ4v) is 0.552. The maximum Gasteiger partial charge on any atom is 0.421 e. The molecule has 0 aromatic heterocycles. The van der Waals surface area contributed by atoms with E-state index >= 15 is 0 Å². The number of carbonyl (C=O) groups is 1. The molecular weight excluding hydrogens is 170 g/mol. The van der Waals surface area contributed by atoms with Gasteiger partial charge in [0.1, 0.15) is 5.54 Å². The number of rotatable bonds is 4. The monoisotopic (exact) mass is 185 g/mol. The zero-order valence-corrected chi connectivity index (χ0v) is 8.18. The van der Waals surface area contributed by atoms with Crippen molar-refractivity contribution >= 4 is 6.09 Å². The Hall–Kier alpha value is -1.28. The first-order valence-electron chi connectivity index (χ1n) is 4.19. The minimum atomic E-state index is -0.743. The third-order valence-corrected chi connectivity index (χ3v) is 1.67. The summed E-state index contributed by atoms with van der Waals surface area (Å²) in [5.74, 6) is 0. The van der Waals surface area contributed by atoms with Crippen LogP contribution in [-0.2, 0) is 4.74 Å². The van der Waals surface area contributed by atoms with Crippen molar-refractivity contribution in [3.05, 3.63) is 0 Å². The smallest absolute Gasteiger partial charge is 0.421 e. The van der Waals surface area contributed by atoms with Crippen molar-refractivity contribution in [1.29, 1.82) is 5.26 Å².